The Morgan fingerprint density at radius 3 is 2.63 bits per heavy atom. The van der Waals surface area contributed by atoms with Crippen molar-refractivity contribution >= 4 is 22.8 Å². The SMILES string of the molecule is COc1ccc(C(=O)N[C@@H]2CCSC2=O)cc1OC. The van der Waals surface area contributed by atoms with Crippen molar-refractivity contribution in [1.82, 2.24) is 5.32 Å². The molecular weight excluding hydrogens is 266 g/mol. The summed E-state index contributed by atoms with van der Waals surface area (Å²) in [5.41, 5.74) is 0.447. The lowest BCUT2D eigenvalue weighted by molar-refractivity contribution is -0.112. The molecule has 1 atom stereocenters. The van der Waals surface area contributed by atoms with Gasteiger partial charge in [0.1, 0.15) is 0 Å². The smallest absolute Gasteiger partial charge is 0.252 e. The maximum absolute atomic E-state index is 12.0. The standard InChI is InChI=1S/C13H15NO4S/c1-17-10-4-3-8(7-11(10)18-2)12(15)14-9-5-6-19-13(9)16/h3-4,7,9H,5-6H2,1-2H3,(H,14,15)/t9-/m1/s1. The van der Waals surface area contributed by atoms with E-state index < -0.39 is 0 Å². The molecule has 1 saturated heterocycles. The zero-order valence-electron chi connectivity index (χ0n) is 10.8. The van der Waals surface area contributed by atoms with Gasteiger partial charge in [-0.3, -0.25) is 9.59 Å². The molecule has 0 spiro atoms. The Kier molecular flexibility index (Phi) is 4.31. The third kappa shape index (κ3) is 3.01. The van der Waals surface area contributed by atoms with Gasteiger partial charge < -0.3 is 14.8 Å². The second kappa shape index (κ2) is 5.97. The van der Waals surface area contributed by atoms with Crippen LogP contribution in [0.4, 0.5) is 0 Å². The first-order chi connectivity index (χ1) is 9.15. The maximum atomic E-state index is 12.0. The summed E-state index contributed by atoms with van der Waals surface area (Å²) in [6.07, 6.45) is 0.683. The van der Waals surface area contributed by atoms with Crippen molar-refractivity contribution in [2.75, 3.05) is 20.0 Å². The van der Waals surface area contributed by atoms with Crippen molar-refractivity contribution in [3.8, 4) is 11.5 Å². The first-order valence-corrected chi connectivity index (χ1v) is 6.84. The summed E-state index contributed by atoms with van der Waals surface area (Å²) in [6, 6.07) is 4.52. The van der Waals surface area contributed by atoms with E-state index in [1.54, 1.807) is 18.2 Å². The molecule has 2 rings (SSSR count). The topological polar surface area (TPSA) is 64.6 Å². The minimum absolute atomic E-state index is 0.0221. The molecule has 1 aromatic rings. The number of benzene rings is 1. The first kappa shape index (κ1) is 13.7. The van der Waals surface area contributed by atoms with Gasteiger partial charge in [-0.2, -0.15) is 0 Å². The number of methoxy groups -OCH3 is 2. The fraction of sp³-hybridized carbons (Fsp3) is 0.385. The van der Waals surface area contributed by atoms with Crippen LogP contribution in [0.25, 0.3) is 0 Å². The van der Waals surface area contributed by atoms with Crippen LogP contribution in [-0.2, 0) is 4.79 Å². The highest BCUT2D eigenvalue weighted by molar-refractivity contribution is 8.14. The molecular formula is C13H15NO4S. The molecule has 1 heterocycles. The van der Waals surface area contributed by atoms with E-state index in [0.717, 1.165) is 5.75 Å². The Morgan fingerprint density at radius 2 is 2.05 bits per heavy atom. The number of hydrogen-bond donors (Lipinski definition) is 1. The Bertz CT molecular complexity index is 503. The van der Waals surface area contributed by atoms with E-state index in [4.69, 9.17) is 9.47 Å². The van der Waals surface area contributed by atoms with Crippen LogP contribution in [0.15, 0.2) is 18.2 Å². The van der Waals surface area contributed by atoms with Gasteiger partial charge in [-0.05, 0) is 24.6 Å². The molecule has 6 heteroatoms. The molecule has 0 bridgehead atoms. The molecule has 1 aliphatic rings. The van der Waals surface area contributed by atoms with Gasteiger partial charge in [0.25, 0.3) is 5.91 Å². The van der Waals surface area contributed by atoms with E-state index in [9.17, 15) is 9.59 Å². The lowest BCUT2D eigenvalue weighted by Gasteiger charge is -2.12. The molecule has 0 unspecified atom stereocenters. The maximum Gasteiger partial charge on any atom is 0.252 e. The fourth-order valence-electron chi connectivity index (χ4n) is 1.85. The summed E-state index contributed by atoms with van der Waals surface area (Å²) in [7, 11) is 3.04. The average molecular weight is 281 g/mol. The number of amides is 1. The fourth-order valence-corrected chi connectivity index (χ4v) is 2.78. The minimum Gasteiger partial charge on any atom is -0.493 e. The van der Waals surface area contributed by atoms with E-state index in [0.29, 0.717) is 23.5 Å². The number of thioether (sulfide) groups is 1. The van der Waals surface area contributed by atoms with Gasteiger partial charge in [-0.15, -0.1) is 0 Å². The van der Waals surface area contributed by atoms with Crippen LogP contribution in [0, 0.1) is 0 Å². The third-order valence-electron chi connectivity index (χ3n) is 2.89. The zero-order valence-corrected chi connectivity index (χ0v) is 11.6. The molecule has 1 aromatic carbocycles. The largest absolute Gasteiger partial charge is 0.493 e. The van der Waals surface area contributed by atoms with Crippen molar-refractivity contribution in [3.05, 3.63) is 23.8 Å². The first-order valence-electron chi connectivity index (χ1n) is 5.85. The van der Waals surface area contributed by atoms with E-state index >= 15 is 0 Å². The number of ether oxygens (including phenoxy) is 2. The highest BCUT2D eigenvalue weighted by atomic mass is 32.2. The molecule has 19 heavy (non-hydrogen) atoms. The van der Waals surface area contributed by atoms with E-state index in [1.165, 1.54) is 26.0 Å². The van der Waals surface area contributed by atoms with Gasteiger partial charge in [0.15, 0.2) is 11.5 Å². The molecule has 0 saturated carbocycles. The zero-order chi connectivity index (χ0) is 13.8. The lowest BCUT2D eigenvalue weighted by atomic mass is 10.1. The molecule has 0 aliphatic carbocycles. The van der Waals surface area contributed by atoms with Gasteiger partial charge in [0, 0.05) is 11.3 Å². The summed E-state index contributed by atoms with van der Waals surface area (Å²) in [5.74, 6) is 1.53. The van der Waals surface area contributed by atoms with Gasteiger partial charge in [-0.1, -0.05) is 11.8 Å². The molecule has 102 valence electrons. The van der Waals surface area contributed by atoms with Crippen LogP contribution in [-0.4, -0.2) is 37.0 Å². The van der Waals surface area contributed by atoms with Crippen molar-refractivity contribution in [1.29, 1.82) is 0 Å². The summed E-state index contributed by atoms with van der Waals surface area (Å²) < 4.78 is 10.2. The van der Waals surface area contributed by atoms with E-state index in [2.05, 4.69) is 5.32 Å². The summed E-state index contributed by atoms with van der Waals surface area (Å²) in [4.78, 5) is 23.5. The van der Waals surface area contributed by atoms with Crippen LogP contribution < -0.4 is 14.8 Å². The number of rotatable bonds is 4. The summed E-state index contributed by atoms with van der Waals surface area (Å²) in [5, 5.41) is 2.75. The second-order valence-corrected chi connectivity index (χ2v) is 5.15. The summed E-state index contributed by atoms with van der Waals surface area (Å²) >= 11 is 1.26. The molecule has 1 aliphatic heterocycles. The highest BCUT2D eigenvalue weighted by Gasteiger charge is 2.27. The molecule has 1 N–H and O–H groups in total. The van der Waals surface area contributed by atoms with Gasteiger partial charge >= 0.3 is 0 Å². The van der Waals surface area contributed by atoms with Crippen LogP contribution in [0.2, 0.25) is 0 Å². The van der Waals surface area contributed by atoms with Crippen molar-refractivity contribution in [3.63, 3.8) is 0 Å². The van der Waals surface area contributed by atoms with Crippen molar-refractivity contribution in [2.24, 2.45) is 0 Å². The second-order valence-electron chi connectivity index (χ2n) is 4.05. The lowest BCUT2D eigenvalue weighted by Crippen LogP contribution is -2.37. The van der Waals surface area contributed by atoms with E-state index in [1.807, 2.05) is 0 Å². The van der Waals surface area contributed by atoms with Crippen LogP contribution >= 0.6 is 11.8 Å². The predicted molar refractivity (Wildman–Crippen MR) is 72.9 cm³/mol. The van der Waals surface area contributed by atoms with Gasteiger partial charge in [0.05, 0.1) is 20.3 Å². The minimum atomic E-state index is -0.384. The quantitative estimate of drug-likeness (QED) is 0.905. The molecule has 0 aromatic heterocycles. The highest BCUT2D eigenvalue weighted by Crippen LogP contribution is 2.27. The molecule has 1 amide bonds. The molecule has 1 fully saturated rings. The van der Waals surface area contributed by atoms with Gasteiger partial charge in [-0.25, -0.2) is 0 Å². The van der Waals surface area contributed by atoms with Gasteiger partial charge in [0.2, 0.25) is 5.12 Å². The average Bonchev–Trinajstić information content (AvgIpc) is 2.83. The van der Waals surface area contributed by atoms with E-state index in [-0.39, 0.29) is 17.1 Å². The number of carbonyl (C=O) groups excluding carboxylic acids is 2. The number of hydrogen-bond acceptors (Lipinski definition) is 5. The third-order valence-corrected chi connectivity index (χ3v) is 3.90. The van der Waals surface area contributed by atoms with Crippen LogP contribution in [0.1, 0.15) is 16.8 Å². The molecule has 5 nitrogen and oxygen atoms in total. The number of carbonyl (C=O) groups is 2. The van der Waals surface area contributed by atoms with Crippen LogP contribution in [0.3, 0.4) is 0 Å². The number of nitrogens with one attached hydrogen (secondary N) is 1. The predicted octanol–water partition coefficient (Wildman–Crippen LogP) is 1.47. The Morgan fingerprint density at radius 1 is 1.32 bits per heavy atom. The van der Waals surface area contributed by atoms with Crippen molar-refractivity contribution in [2.45, 2.75) is 12.5 Å². The Balaban J connectivity index is 2.12. The monoisotopic (exact) mass is 281 g/mol. The molecule has 0 radical (unpaired) electrons. The van der Waals surface area contributed by atoms with Crippen LogP contribution in [0.5, 0.6) is 11.5 Å². The summed E-state index contributed by atoms with van der Waals surface area (Å²) in [6.45, 7) is 0. The normalized spacial score (nSPS) is 18.2. The van der Waals surface area contributed by atoms with Crippen molar-refractivity contribution < 1.29 is 19.1 Å². The Labute approximate surface area is 115 Å². The Hall–Kier alpha value is -1.69.